The molecule has 2 N–H and O–H groups in total. The van der Waals surface area contributed by atoms with Crippen LogP contribution in [-0.4, -0.2) is 46.5 Å². The maximum atomic E-state index is 9.19. The van der Waals surface area contributed by atoms with Gasteiger partial charge in [0.25, 0.3) is 10.1 Å². The fraction of sp³-hybridized carbons (Fsp3) is 0.368. The third kappa shape index (κ3) is 5.72. The van der Waals surface area contributed by atoms with E-state index in [1.807, 2.05) is 0 Å². The Morgan fingerprint density at radius 1 is 1.08 bits per heavy atom. The average molecular weight is 379 g/mol. The van der Waals surface area contributed by atoms with Crippen molar-refractivity contribution in [3.8, 4) is 11.5 Å². The predicted octanol–water partition coefficient (Wildman–Crippen LogP) is 2.49. The highest BCUT2D eigenvalue weighted by atomic mass is 32.2. The minimum atomic E-state index is -3.67. The first-order valence-electron chi connectivity index (χ1n) is 8.26. The monoisotopic (exact) mass is 379 g/mol. The van der Waals surface area contributed by atoms with Gasteiger partial charge >= 0.3 is 0 Å². The minimum Gasteiger partial charge on any atom is -0.493 e. The van der Waals surface area contributed by atoms with Gasteiger partial charge in [0.2, 0.25) is 0 Å². The molecule has 1 heterocycles. The second-order valence-electron chi connectivity index (χ2n) is 6.06. The molecule has 0 radical (unpaired) electrons. The molecule has 142 valence electrons. The Morgan fingerprint density at radius 2 is 1.65 bits per heavy atom. The number of benzene rings is 2. The van der Waals surface area contributed by atoms with Crippen molar-refractivity contribution in [2.45, 2.75) is 12.3 Å². The SMILES string of the molecule is COc1cc2c(cc1OC)C(c1ccccc1)CNCC2.CS(=O)(=O)O. The predicted molar refractivity (Wildman–Crippen MR) is 102 cm³/mol. The van der Waals surface area contributed by atoms with Crippen molar-refractivity contribution in [1.82, 2.24) is 5.32 Å². The van der Waals surface area contributed by atoms with E-state index < -0.39 is 10.1 Å². The van der Waals surface area contributed by atoms with Crippen molar-refractivity contribution in [2.75, 3.05) is 33.6 Å². The van der Waals surface area contributed by atoms with Crippen LogP contribution < -0.4 is 14.8 Å². The quantitative estimate of drug-likeness (QED) is 0.797. The molecule has 0 spiro atoms. The largest absolute Gasteiger partial charge is 0.493 e. The molecule has 1 atom stereocenters. The van der Waals surface area contributed by atoms with E-state index in [4.69, 9.17) is 14.0 Å². The second kappa shape index (κ2) is 9.02. The van der Waals surface area contributed by atoms with E-state index in [2.05, 4.69) is 47.8 Å². The maximum Gasteiger partial charge on any atom is 0.261 e. The topological polar surface area (TPSA) is 84.9 Å². The molecule has 2 aromatic carbocycles. The lowest BCUT2D eigenvalue weighted by atomic mass is 9.88. The van der Waals surface area contributed by atoms with E-state index in [-0.39, 0.29) is 0 Å². The van der Waals surface area contributed by atoms with Crippen molar-refractivity contribution in [1.29, 1.82) is 0 Å². The van der Waals surface area contributed by atoms with Gasteiger partial charge in [-0.25, -0.2) is 0 Å². The highest BCUT2D eigenvalue weighted by Crippen LogP contribution is 2.37. The zero-order valence-corrected chi connectivity index (χ0v) is 16.0. The zero-order chi connectivity index (χ0) is 19.2. The van der Waals surface area contributed by atoms with Crippen molar-refractivity contribution in [3.63, 3.8) is 0 Å². The van der Waals surface area contributed by atoms with E-state index in [9.17, 15) is 8.42 Å². The molecule has 0 fully saturated rings. The molecule has 0 bridgehead atoms. The molecular weight excluding hydrogens is 354 g/mol. The van der Waals surface area contributed by atoms with Gasteiger partial charge in [-0.3, -0.25) is 4.55 Å². The number of methoxy groups -OCH3 is 2. The molecule has 0 saturated heterocycles. The Kier molecular flexibility index (Phi) is 7.02. The molecule has 7 heteroatoms. The highest BCUT2D eigenvalue weighted by Gasteiger charge is 2.22. The van der Waals surface area contributed by atoms with E-state index in [1.54, 1.807) is 14.2 Å². The van der Waals surface area contributed by atoms with Crippen LogP contribution in [0, 0.1) is 0 Å². The highest BCUT2D eigenvalue weighted by molar-refractivity contribution is 7.85. The fourth-order valence-corrected chi connectivity index (χ4v) is 3.04. The van der Waals surface area contributed by atoms with E-state index in [1.165, 1.54) is 16.7 Å². The Balaban J connectivity index is 0.000000431. The number of hydrogen-bond acceptors (Lipinski definition) is 5. The van der Waals surface area contributed by atoms with Gasteiger partial charge in [-0.2, -0.15) is 8.42 Å². The molecule has 26 heavy (non-hydrogen) atoms. The van der Waals surface area contributed by atoms with Crippen LogP contribution in [0.5, 0.6) is 11.5 Å². The lowest BCUT2D eigenvalue weighted by molar-refractivity contribution is 0.354. The number of hydrogen-bond donors (Lipinski definition) is 2. The maximum absolute atomic E-state index is 9.19. The third-order valence-corrected chi connectivity index (χ3v) is 4.14. The standard InChI is InChI=1S/C18H21NO2.CH4O3S/c1-20-17-10-14-8-9-19-12-16(13-6-4-3-5-7-13)15(14)11-18(17)21-2;1-5(2,3)4/h3-7,10-11,16,19H,8-9,12H2,1-2H3;1H3,(H,2,3,4). The Morgan fingerprint density at radius 3 is 2.23 bits per heavy atom. The molecular formula is C19H25NO5S. The molecule has 6 nitrogen and oxygen atoms in total. The first-order valence-corrected chi connectivity index (χ1v) is 10.1. The zero-order valence-electron chi connectivity index (χ0n) is 15.2. The van der Waals surface area contributed by atoms with Gasteiger partial charge in [-0.1, -0.05) is 30.3 Å². The van der Waals surface area contributed by atoms with Crippen LogP contribution in [0.2, 0.25) is 0 Å². The molecule has 1 aliphatic heterocycles. The Labute approximate surface area is 154 Å². The van der Waals surface area contributed by atoms with Gasteiger partial charge in [0, 0.05) is 12.5 Å². The van der Waals surface area contributed by atoms with Crippen LogP contribution in [0.25, 0.3) is 0 Å². The lowest BCUT2D eigenvalue weighted by Gasteiger charge is -2.20. The van der Waals surface area contributed by atoms with E-state index in [0.717, 1.165) is 31.0 Å². The molecule has 1 unspecified atom stereocenters. The smallest absolute Gasteiger partial charge is 0.261 e. The lowest BCUT2D eigenvalue weighted by Crippen LogP contribution is -2.20. The molecule has 1 aliphatic rings. The van der Waals surface area contributed by atoms with Crippen LogP contribution in [0.15, 0.2) is 42.5 Å². The summed E-state index contributed by atoms with van der Waals surface area (Å²) in [5.41, 5.74) is 4.01. The van der Waals surface area contributed by atoms with Gasteiger partial charge in [0.1, 0.15) is 0 Å². The summed E-state index contributed by atoms with van der Waals surface area (Å²) in [7, 11) is -0.287. The van der Waals surface area contributed by atoms with E-state index >= 15 is 0 Å². The van der Waals surface area contributed by atoms with Crippen molar-refractivity contribution < 1.29 is 22.4 Å². The van der Waals surface area contributed by atoms with Crippen molar-refractivity contribution in [2.24, 2.45) is 0 Å². The summed E-state index contributed by atoms with van der Waals surface area (Å²) in [5.74, 6) is 1.97. The van der Waals surface area contributed by atoms with Gasteiger partial charge in [-0.15, -0.1) is 0 Å². The molecule has 0 aliphatic carbocycles. The van der Waals surface area contributed by atoms with Gasteiger partial charge in [-0.05, 0) is 41.8 Å². The average Bonchev–Trinajstić information content (AvgIpc) is 2.81. The summed E-state index contributed by atoms with van der Waals surface area (Å²) in [4.78, 5) is 0. The molecule has 3 rings (SSSR count). The Hall–Kier alpha value is -2.09. The summed E-state index contributed by atoms with van der Waals surface area (Å²) in [6, 6.07) is 14.9. The van der Waals surface area contributed by atoms with Gasteiger partial charge in [0.05, 0.1) is 20.5 Å². The summed E-state index contributed by atoms with van der Waals surface area (Å²) in [5, 5.41) is 3.54. The summed E-state index contributed by atoms with van der Waals surface area (Å²) in [6.45, 7) is 1.94. The summed E-state index contributed by atoms with van der Waals surface area (Å²) >= 11 is 0. The van der Waals surface area contributed by atoms with Crippen LogP contribution in [0.1, 0.15) is 22.6 Å². The molecule has 2 aromatic rings. The number of ether oxygens (including phenoxy) is 2. The number of nitrogens with one attached hydrogen (secondary N) is 1. The normalized spacial score (nSPS) is 16.5. The second-order valence-corrected chi connectivity index (χ2v) is 7.52. The van der Waals surface area contributed by atoms with Crippen molar-refractivity contribution >= 4 is 10.1 Å². The molecule has 0 saturated carbocycles. The summed E-state index contributed by atoms with van der Waals surface area (Å²) < 4.78 is 36.8. The number of fused-ring (bicyclic) bond motifs is 1. The van der Waals surface area contributed by atoms with Crippen LogP contribution >= 0.6 is 0 Å². The molecule has 0 amide bonds. The van der Waals surface area contributed by atoms with Gasteiger partial charge in [0.15, 0.2) is 11.5 Å². The Bertz CT molecular complexity index is 813. The summed E-state index contributed by atoms with van der Waals surface area (Å²) in [6.07, 6.45) is 1.73. The number of rotatable bonds is 3. The van der Waals surface area contributed by atoms with Crippen molar-refractivity contribution in [3.05, 3.63) is 59.2 Å². The van der Waals surface area contributed by atoms with Crippen LogP contribution in [0.4, 0.5) is 0 Å². The van der Waals surface area contributed by atoms with E-state index in [0.29, 0.717) is 12.2 Å². The fourth-order valence-electron chi connectivity index (χ4n) is 3.04. The third-order valence-electron chi connectivity index (χ3n) is 4.14. The van der Waals surface area contributed by atoms with Gasteiger partial charge < -0.3 is 14.8 Å². The molecule has 0 aromatic heterocycles. The van der Waals surface area contributed by atoms with Crippen LogP contribution in [-0.2, 0) is 16.5 Å². The minimum absolute atomic E-state index is 0.350. The van der Waals surface area contributed by atoms with Crippen LogP contribution in [0.3, 0.4) is 0 Å². The first kappa shape index (κ1) is 20.2. The first-order chi connectivity index (χ1) is 12.3.